The van der Waals surface area contributed by atoms with Crippen molar-refractivity contribution in [1.29, 1.82) is 0 Å². The Balaban J connectivity index is 2.90. The van der Waals surface area contributed by atoms with Crippen LogP contribution < -0.4 is 21.3 Å². The molecule has 0 radical (unpaired) electrons. The summed E-state index contributed by atoms with van der Waals surface area (Å²) in [6, 6.07) is -4.32. The van der Waals surface area contributed by atoms with Crippen LogP contribution in [0.15, 0.2) is 0 Å². The van der Waals surface area contributed by atoms with E-state index in [4.69, 9.17) is 15.3 Å². The molecule has 4 unspecified atom stereocenters. The summed E-state index contributed by atoms with van der Waals surface area (Å²) in [5.74, 6) is -4.61. The first-order chi connectivity index (χ1) is 14.5. The van der Waals surface area contributed by atoms with Gasteiger partial charge in [0.1, 0.15) is 18.1 Å². The van der Waals surface area contributed by atoms with Gasteiger partial charge in [0.15, 0.2) is 0 Å². The van der Waals surface area contributed by atoms with Crippen LogP contribution in [0.1, 0.15) is 46.0 Å². The standard InChI is InChI=1S/C19H32N4O8/c1-10(2)8-13(22-16(27)11-4-3-7-20-11)18(29)21-12(5-6-15(25)26)17(28)23-14(9-24)19(30)31/h10-14,20,24H,3-9H2,1-2H3,(H,21,29)(H,22,27)(H,23,28)(H,25,26)(H,30,31). The number of aliphatic hydroxyl groups is 1. The molecule has 0 saturated carbocycles. The molecule has 31 heavy (non-hydrogen) atoms. The lowest BCUT2D eigenvalue weighted by Crippen LogP contribution is -2.57. The second-order valence-corrected chi connectivity index (χ2v) is 7.92. The molecule has 7 N–H and O–H groups in total. The van der Waals surface area contributed by atoms with E-state index in [-0.39, 0.29) is 24.7 Å². The van der Waals surface area contributed by atoms with Crippen LogP contribution in [0.25, 0.3) is 0 Å². The molecular formula is C19H32N4O8. The third-order valence-electron chi connectivity index (χ3n) is 4.79. The Morgan fingerprint density at radius 1 is 0.968 bits per heavy atom. The number of rotatable bonds is 13. The maximum Gasteiger partial charge on any atom is 0.328 e. The lowest BCUT2D eigenvalue weighted by molar-refractivity contribution is -0.144. The molecule has 1 aliphatic rings. The molecule has 0 spiro atoms. The summed E-state index contributed by atoms with van der Waals surface area (Å²) >= 11 is 0. The highest BCUT2D eigenvalue weighted by atomic mass is 16.4. The average Bonchev–Trinajstić information content (AvgIpc) is 3.22. The highest BCUT2D eigenvalue weighted by Gasteiger charge is 2.31. The summed E-state index contributed by atoms with van der Waals surface area (Å²) in [6.07, 6.45) is 1.01. The van der Waals surface area contributed by atoms with Gasteiger partial charge in [0.05, 0.1) is 12.6 Å². The summed E-state index contributed by atoms with van der Waals surface area (Å²) in [6.45, 7) is 3.54. The molecule has 3 amide bonds. The van der Waals surface area contributed by atoms with Crippen LogP contribution in [0.5, 0.6) is 0 Å². The monoisotopic (exact) mass is 444 g/mol. The van der Waals surface area contributed by atoms with Crippen molar-refractivity contribution in [2.75, 3.05) is 13.2 Å². The fourth-order valence-corrected chi connectivity index (χ4v) is 3.15. The van der Waals surface area contributed by atoms with Crippen molar-refractivity contribution < 1.29 is 39.3 Å². The van der Waals surface area contributed by atoms with E-state index in [1.807, 2.05) is 13.8 Å². The van der Waals surface area contributed by atoms with E-state index >= 15 is 0 Å². The molecule has 1 rings (SSSR count). The molecule has 0 aromatic rings. The van der Waals surface area contributed by atoms with Crippen molar-refractivity contribution in [3.8, 4) is 0 Å². The van der Waals surface area contributed by atoms with Crippen LogP contribution in [-0.2, 0) is 24.0 Å². The molecule has 1 saturated heterocycles. The van der Waals surface area contributed by atoms with Crippen LogP contribution in [0.2, 0.25) is 0 Å². The van der Waals surface area contributed by atoms with Gasteiger partial charge in [-0.3, -0.25) is 19.2 Å². The van der Waals surface area contributed by atoms with E-state index in [1.165, 1.54) is 0 Å². The smallest absolute Gasteiger partial charge is 0.328 e. The van der Waals surface area contributed by atoms with E-state index in [0.29, 0.717) is 13.0 Å². The first-order valence-electron chi connectivity index (χ1n) is 10.2. The lowest BCUT2D eigenvalue weighted by Gasteiger charge is -2.25. The predicted octanol–water partition coefficient (Wildman–Crippen LogP) is -1.82. The van der Waals surface area contributed by atoms with Crippen LogP contribution in [0.4, 0.5) is 0 Å². The Labute approximate surface area is 180 Å². The number of aliphatic carboxylic acids is 2. The Morgan fingerprint density at radius 2 is 1.58 bits per heavy atom. The van der Waals surface area contributed by atoms with Crippen molar-refractivity contribution in [3.63, 3.8) is 0 Å². The number of hydrogen-bond acceptors (Lipinski definition) is 7. The van der Waals surface area contributed by atoms with Gasteiger partial charge in [-0.25, -0.2) is 4.79 Å². The molecule has 0 bridgehead atoms. The van der Waals surface area contributed by atoms with Crippen molar-refractivity contribution >= 4 is 29.7 Å². The third kappa shape index (κ3) is 9.30. The SMILES string of the molecule is CC(C)CC(NC(=O)C1CCCN1)C(=O)NC(CCC(=O)O)C(=O)NC(CO)C(=O)O. The molecule has 1 fully saturated rings. The van der Waals surface area contributed by atoms with Crippen molar-refractivity contribution in [1.82, 2.24) is 21.3 Å². The quantitative estimate of drug-likeness (QED) is 0.171. The van der Waals surface area contributed by atoms with Gasteiger partial charge in [0.25, 0.3) is 0 Å². The Bertz CT molecular complexity index is 663. The van der Waals surface area contributed by atoms with Crippen LogP contribution >= 0.6 is 0 Å². The molecule has 0 aliphatic carbocycles. The van der Waals surface area contributed by atoms with Crippen LogP contribution in [0, 0.1) is 5.92 Å². The van der Waals surface area contributed by atoms with Gasteiger partial charge < -0.3 is 36.6 Å². The minimum absolute atomic E-state index is 0.0321. The second-order valence-electron chi connectivity index (χ2n) is 7.92. The summed E-state index contributed by atoms with van der Waals surface area (Å²) in [4.78, 5) is 59.7. The predicted molar refractivity (Wildman–Crippen MR) is 108 cm³/mol. The minimum atomic E-state index is -1.60. The fraction of sp³-hybridized carbons (Fsp3) is 0.737. The molecule has 4 atom stereocenters. The zero-order valence-corrected chi connectivity index (χ0v) is 17.7. The zero-order chi connectivity index (χ0) is 23.6. The second kappa shape index (κ2) is 12.8. The maximum absolute atomic E-state index is 12.8. The highest BCUT2D eigenvalue weighted by Crippen LogP contribution is 2.10. The number of amides is 3. The summed E-state index contributed by atoms with van der Waals surface area (Å²) in [5, 5.41) is 37.2. The first kappa shape index (κ1) is 26.3. The molecule has 1 aliphatic heterocycles. The zero-order valence-electron chi connectivity index (χ0n) is 17.7. The number of carboxylic acids is 2. The average molecular weight is 444 g/mol. The molecular weight excluding hydrogens is 412 g/mol. The van der Waals surface area contributed by atoms with Gasteiger partial charge >= 0.3 is 11.9 Å². The van der Waals surface area contributed by atoms with E-state index in [2.05, 4.69) is 21.3 Å². The third-order valence-corrected chi connectivity index (χ3v) is 4.79. The molecule has 12 heteroatoms. The van der Waals surface area contributed by atoms with E-state index in [0.717, 1.165) is 6.42 Å². The van der Waals surface area contributed by atoms with Gasteiger partial charge in [-0.1, -0.05) is 13.8 Å². The molecule has 176 valence electrons. The first-order valence-corrected chi connectivity index (χ1v) is 10.2. The Kier molecular flexibility index (Phi) is 10.9. The Morgan fingerprint density at radius 3 is 2.06 bits per heavy atom. The van der Waals surface area contributed by atoms with Gasteiger partial charge in [0.2, 0.25) is 17.7 Å². The Hall–Kier alpha value is -2.73. The molecule has 12 nitrogen and oxygen atoms in total. The van der Waals surface area contributed by atoms with E-state index in [9.17, 15) is 24.0 Å². The van der Waals surface area contributed by atoms with Crippen molar-refractivity contribution in [2.45, 2.75) is 70.1 Å². The van der Waals surface area contributed by atoms with E-state index in [1.54, 1.807) is 0 Å². The van der Waals surface area contributed by atoms with Crippen molar-refractivity contribution in [3.05, 3.63) is 0 Å². The van der Waals surface area contributed by atoms with Crippen molar-refractivity contribution in [2.24, 2.45) is 5.92 Å². The van der Waals surface area contributed by atoms with Gasteiger partial charge in [-0.15, -0.1) is 0 Å². The number of carbonyl (C=O) groups is 5. The van der Waals surface area contributed by atoms with E-state index < -0.39 is 60.9 Å². The number of nitrogens with one attached hydrogen (secondary N) is 4. The molecule has 0 aromatic carbocycles. The summed E-state index contributed by atoms with van der Waals surface area (Å²) < 4.78 is 0. The largest absolute Gasteiger partial charge is 0.481 e. The van der Waals surface area contributed by atoms with Gasteiger partial charge in [-0.05, 0) is 38.1 Å². The number of carboxylic acid groups (broad SMARTS) is 2. The fourth-order valence-electron chi connectivity index (χ4n) is 3.15. The number of aliphatic hydroxyl groups excluding tert-OH is 1. The highest BCUT2D eigenvalue weighted by molar-refractivity contribution is 5.94. The molecule has 0 aromatic heterocycles. The number of carbonyl (C=O) groups excluding carboxylic acids is 3. The summed E-state index contributed by atoms with van der Waals surface area (Å²) in [5.41, 5.74) is 0. The molecule has 1 heterocycles. The normalized spacial score (nSPS) is 18.6. The van der Waals surface area contributed by atoms with Gasteiger partial charge in [0, 0.05) is 6.42 Å². The lowest BCUT2D eigenvalue weighted by atomic mass is 10.0. The van der Waals surface area contributed by atoms with Crippen LogP contribution in [-0.4, -0.2) is 82.3 Å². The van der Waals surface area contributed by atoms with Gasteiger partial charge in [-0.2, -0.15) is 0 Å². The maximum atomic E-state index is 12.8. The minimum Gasteiger partial charge on any atom is -0.481 e. The summed E-state index contributed by atoms with van der Waals surface area (Å²) in [7, 11) is 0. The topological polar surface area (TPSA) is 194 Å². The van der Waals surface area contributed by atoms with Crippen LogP contribution in [0.3, 0.4) is 0 Å². The number of hydrogen-bond donors (Lipinski definition) is 7.